The summed E-state index contributed by atoms with van der Waals surface area (Å²) in [5, 5.41) is 8.80. The summed E-state index contributed by atoms with van der Waals surface area (Å²) in [4.78, 5) is 28.4. The fraction of sp³-hybridized carbons (Fsp3) is 0.364. The average Bonchev–Trinajstić information content (AvgIpc) is 2.81. The zero-order valence-corrected chi connectivity index (χ0v) is 18.0. The normalized spacial score (nSPS) is 14.0. The molecule has 0 spiro atoms. The number of aromatic nitrogens is 4. The van der Waals surface area contributed by atoms with Gasteiger partial charge in [-0.2, -0.15) is 0 Å². The van der Waals surface area contributed by atoms with Gasteiger partial charge in [-0.1, -0.05) is 0 Å². The second kappa shape index (κ2) is 8.63. The van der Waals surface area contributed by atoms with Gasteiger partial charge in [0.1, 0.15) is 11.6 Å². The molecule has 0 bridgehead atoms. The predicted molar refractivity (Wildman–Crippen MR) is 120 cm³/mol. The van der Waals surface area contributed by atoms with Gasteiger partial charge in [0.2, 0.25) is 0 Å². The molecule has 3 heterocycles. The molecular formula is C22H26N6O3. The molecule has 1 aromatic carbocycles. The second-order valence-electron chi connectivity index (χ2n) is 7.45. The Labute approximate surface area is 180 Å². The third-order valence-corrected chi connectivity index (χ3v) is 5.54. The standard InChI is InChI=1S/C22H26N6O3/c1-4-31-17-7-5-16(6-8-17)18-9-10-19(24-23-18)27-11-13-28(14-12-27)20-15-21(29)26(3)22(30)25(20)2/h5-10,15H,4,11-14H2,1-3H3. The maximum atomic E-state index is 12.2. The van der Waals surface area contributed by atoms with Gasteiger partial charge in [0, 0.05) is 51.9 Å². The molecule has 31 heavy (non-hydrogen) atoms. The molecule has 2 aromatic heterocycles. The molecule has 9 heteroatoms. The van der Waals surface area contributed by atoms with Crippen molar-refractivity contribution < 1.29 is 4.74 Å². The molecule has 0 N–H and O–H groups in total. The van der Waals surface area contributed by atoms with Gasteiger partial charge < -0.3 is 14.5 Å². The van der Waals surface area contributed by atoms with E-state index in [1.165, 1.54) is 17.7 Å². The van der Waals surface area contributed by atoms with E-state index in [0.29, 0.717) is 25.5 Å². The Hall–Kier alpha value is -3.62. The second-order valence-corrected chi connectivity index (χ2v) is 7.45. The van der Waals surface area contributed by atoms with E-state index in [2.05, 4.69) is 20.0 Å². The van der Waals surface area contributed by atoms with Crippen LogP contribution in [-0.2, 0) is 14.1 Å². The van der Waals surface area contributed by atoms with Crippen LogP contribution in [0.1, 0.15) is 6.92 Å². The van der Waals surface area contributed by atoms with Gasteiger partial charge in [-0.15, -0.1) is 10.2 Å². The Kier molecular flexibility index (Phi) is 5.75. The van der Waals surface area contributed by atoms with Crippen LogP contribution in [-0.4, -0.2) is 52.1 Å². The Balaban J connectivity index is 1.44. The van der Waals surface area contributed by atoms with Crippen LogP contribution in [0.3, 0.4) is 0 Å². The number of benzene rings is 1. The highest BCUT2D eigenvalue weighted by Gasteiger charge is 2.21. The highest BCUT2D eigenvalue weighted by atomic mass is 16.5. The molecule has 9 nitrogen and oxygen atoms in total. The minimum absolute atomic E-state index is 0.295. The quantitative estimate of drug-likeness (QED) is 0.612. The lowest BCUT2D eigenvalue weighted by atomic mass is 10.1. The first-order valence-corrected chi connectivity index (χ1v) is 10.3. The van der Waals surface area contributed by atoms with Crippen molar-refractivity contribution in [3.63, 3.8) is 0 Å². The maximum absolute atomic E-state index is 12.2. The number of ether oxygens (including phenoxy) is 1. The number of piperazine rings is 1. The lowest BCUT2D eigenvalue weighted by Crippen LogP contribution is -2.49. The topological polar surface area (TPSA) is 85.5 Å². The van der Waals surface area contributed by atoms with Crippen molar-refractivity contribution >= 4 is 11.6 Å². The molecule has 162 valence electrons. The highest BCUT2D eigenvalue weighted by Crippen LogP contribution is 2.22. The summed E-state index contributed by atoms with van der Waals surface area (Å²) in [6.45, 7) is 5.41. The van der Waals surface area contributed by atoms with Gasteiger partial charge >= 0.3 is 5.69 Å². The molecule has 0 atom stereocenters. The zero-order chi connectivity index (χ0) is 22.0. The minimum atomic E-state index is -0.319. The van der Waals surface area contributed by atoms with Crippen molar-refractivity contribution in [3.05, 3.63) is 63.3 Å². The van der Waals surface area contributed by atoms with Crippen LogP contribution in [0.5, 0.6) is 5.75 Å². The summed E-state index contributed by atoms with van der Waals surface area (Å²) in [5.41, 5.74) is 1.18. The lowest BCUT2D eigenvalue weighted by molar-refractivity contribution is 0.340. The molecular weight excluding hydrogens is 396 g/mol. The summed E-state index contributed by atoms with van der Waals surface area (Å²) >= 11 is 0. The van der Waals surface area contributed by atoms with E-state index in [0.717, 1.165) is 40.5 Å². The van der Waals surface area contributed by atoms with E-state index in [1.54, 1.807) is 7.05 Å². The van der Waals surface area contributed by atoms with Crippen LogP contribution in [0.25, 0.3) is 11.3 Å². The van der Waals surface area contributed by atoms with Crippen molar-refractivity contribution in [1.29, 1.82) is 0 Å². The van der Waals surface area contributed by atoms with E-state index in [-0.39, 0.29) is 11.2 Å². The van der Waals surface area contributed by atoms with E-state index < -0.39 is 0 Å². The first-order valence-electron chi connectivity index (χ1n) is 10.3. The van der Waals surface area contributed by atoms with E-state index in [9.17, 15) is 9.59 Å². The third-order valence-electron chi connectivity index (χ3n) is 5.54. The molecule has 0 radical (unpaired) electrons. The largest absolute Gasteiger partial charge is 0.494 e. The Morgan fingerprint density at radius 1 is 0.871 bits per heavy atom. The summed E-state index contributed by atoms with van der Waals surface area (Å²) in [6.07, 6.45) is 0. The van der Waals surface area contributed by atoms with Crippen molar-refractivity contribution in [2.75, 3.05) is 42.6 Å². The van der Waals surface area contributed by atoms with Crippen molar-refractivity contribution in [2.45, 2.75) is 6.92 Å². The first-order chi connectivity index (χ1) is 15.0. The number of rotatable bonds is 5. The summed E-state index contributed by atoms with van der Waals surface area (Å²) in [7, 11) is 3.18. The van der Waals surface area contributed by atoms with E-state index in [4.69, 9.17) is 4.74 Å². The summed E-state index contributed by atoms with van der Waals surface area (Å²) in [5.74, 6) is 2.29. The number of hydrogen-bond donors (Lipinski definition) is 0. The number of anilines is 2. The van der Waals surface area contributed by atoms with Gasteiger partial charge in [-0.05, 0) is 43.3 Å². The SMILES string of the molecule is CCOc1ccc(-c2ccc(N3CCN(c4cc(=O)n(C)c(=O)n4C)CC3)nn2)cc1. The summed E-state index contributed by atoms with van der Waals surface area (Å²) < 4.78 is 8.11. The van der Waals surface area contributed by atoms with Gasteiger partial charge in [0.25, 0.3) is 5.56 Å². The van der Waals surface area contributed by atoms with Crippen LogP contribution < -0.4 is 25.8 Å². The van der Waals surface area contributed by atoms with Crippen LogP contribution in [0.4, 0.5) is 11.6 Å². The maximum Gasteiger partial charge on any atom is 0.332 e. The Bertz CT molecular complexity index is 1160. The van der Waals surface area contributed by atoms with Gasteiger partial charge in [0.15, 0.2) is 5.82 Å². The Morgan fingerprint density at radius 2 is 1.55 bits per heavy atom. The van der Waals surface area contributed by atoms with Gasteiger partial charge in [-0.25, -0.2) is 4.79 Å². The van der Waals surface area contributed by atoms with Gasteiger partial charge in [0.05, 0.1) is 12.3 Å². The molecule has 1 saturated heterocycles. The van der Waals surface area contributed by atoms with Crippen LogP contribution in [0, 0.1) is 0 Å². The van der Waals surface area contributed by atoms with Crippen molar-refractivity contribution in [3.8, 4) is 17.0 Å². The monoisotopic (exact) mass is 422 g/mol. The molecule has 0 amide bonds. The molecule has 0 aliphatic carbocycles. The number of hydrogen-bond acceptors (Lipinski definition) is 7. The molecule has 0 saturated carbocycles. The smallest absolute Gasteiger partial charge is 0.332 e. The minimum Gasteiger partial charge on any atom is -0.494 e. The molecule has 1 aliphatic heterocycles. The number of nitrogens with zero attached hydrogens (tertiary/aromatic N) is 6. The molecule has 1 aliphatic rings. The highest BCUT2D eigenvalue weighted by molar-refractivity contribution is 5.61. The van der Waals surface area contributed by atoms with E-state index >= 15 is 0 Å². The summed E-state index contributed by atoms with van der Waals surface area (Å²) in [6, 6.07) is 13.3. The molecule has 4 rings (SSSR count). The molecule has 3 aromatic rings. The molecule has 1 fully saturated rings. The van der Waals surface area contributed by atoms with Crippen molar-refractivity contribution in [1.82, 2.24) is 19.3 Å². The third kappa shape index (κ3) is 4.16. The van der Waals surface area contributed by atoms with E-state index in [1.807, 2.05) is 43.3 Å². The lowest BCUT2D eigenvalue weighted by Gasteiger charge is -2.36. The van der Waals surface area contributed by atoms with Crippen LogP contribution in [0.2, 0.25) is 0 Å². The van der Waals surface area contributed by atoms with Crippen LogP contribution >= 0.6 is 0 Å². The van der Waals surface area contributed by atoms with Gasteiger partial charge in [-0.3, -0.25) is 13.9 Å². The van der Waals surface area contributed by atoms with Crippen molar-refractivity contribution in [2.24, 2.45) is 14.1 Å². The zero-order valence-electron chi connectivity index (χ0n) is 18.0. The fourth-order valence-corrected chi connectivity index (χ4v) is 3.73. The van der Waals surface area contributed by atoms with Crippen LogP contribution in [0.15, 0.2) is 52.1 Å². The first kappa shape index (κ1) is 20.6. The molecule has 0 unspecified atom stereocenters. The average molecular weight is 422 g/mol. The fourth-order valence-electron chi connectivity index (χ4n) is 3.73. The Morgan fingerprint density at radius 3 is 2.16 bits per heavy atom. The predicted octanol–water partition coefficient (Wildman–Crippen LogP) is 1.27.